The molecule has 4 nitrogen and oxygen atoms in total. The summed E-state index contributed by atoms with van der Waals surface area (Å²) in [6, 6.07) is 1.67. The highest BCUT2D eigenvalue weighted by atomic mass is 16.7. The molecule has 0 aromatic heterocycles. The number of unbranched alkanes of at least 4 members (excludes halogenated alkanes) is 2. The Bertz CT molecular complexity index is 466. The van der Waals surface area contributed by atoms with Gasteiger partial charge < -0.3 is 14.9 Å². The molecule has 0 bridgehead atoms. The van der Waals surface area contributed by atoms with Gasteiger partial charge in [0.15, 0.2) is 11.5 Å². The van der Waals surface area contributed by atoms with E-state index in [2.05, 4.69) is 18.6 Å². The SMILES string of the molecule is CCCCCc1c(CCC)cc(OC(=O)O)c(O)c1C. The molecule has 0 unspecified atom stereocenters. The predicted octanol–water partition coefficient (Wildman–Crippen LogP) is 4.44. The molecule has 0 atom stereocenters. The van der Waals surface area contributed by atoms with E-state index in [9.17, 15) is 9.90 Å². The minimum Gasteiger partial charge on any atom is -0.504 e. The lowest BCUT2D eigenvalue weighted by Gasteiger charge is -2.16. The van der Waals surface area contributed by atoms with Gasteiger partial charge in [0.1, 0.15) is 0 Å². The van der Waals surface area contributed by atoms with Crippen LogP contribution in [0.4, 0.5) is 4.79 Å². The van der Waals surface area contributed by atoms with Crippen molar-refractivity contribution < 1.29 is 19.7 Å². The first kappa shape index (κ1) is 16.3. The molecule has 1 aromatic rings. The molecule has 0 heterocycles. The number of ether oxygens (including phenoxy) is 1. The van der Waals surface area contributed by atoms with Gasteiger partial charge in [0, 0.05) is 0 Å². The maximum absolute atomic E-state index is 10.7. The van der Waals surface area contributed by atoms with Crippen LogP contribution in [0.2, 0.25) is 0 Å². The summed E-state index contributed by atoms with van der Waals surface area (Å²) in [5.41, 5.74) is 2.95. The molecule has 0 saturated heterocycles. The number of phenols is 1. The standard InChI is InChI=1S/C16H24O4/c1-4-6-7-9-13-11(3)15(17)14(20-16(18)19)10-12(13)8-5-2/h10,17H,4-9H2,1-3H3,(H,18,19). The summed E-state index contributed by atoms with van der Waals surface area (Å²) in [7, 11) is 0. The van der Waals surface area contributed by atoms with Gasteiger partial charge in [0.25, 0.3) is 0 Å². The third kappa shape index (κ3) is 4.15. The van der Waals surface area contributed by atoms with Crippen LogP contribution < -0.4 is 4.74 Å². The Balaban J connectivity index is 3.13. The molecule has 2 N–H and O–H groups in total. The van der Waals surface area contributed by atoms with Gasteiger partial charge in [0.2, 0.25) is 0 Å². The van der Waals surface area contributed by atoms with E-state index in [-0.39, 0.29) is 11.5 Å². The lowest BCUT2D eigenvalue weighted by Crippen LogP contribution is -2.06. The smallest absolute Gasteiger partial charge is 0.504 e. The first-order valence-electron chi connectivity index (χ1n) is 7.26. The molecular formula is C16H24O4. The normalized spacial score (nSPS) is 10.6. The summed E-state index contributed by atoms with van der Waals surface area (Å²) in [4.78, 5) is 10.7. The quantitative estimate of drug-likeness (QED) is 0.440. The first-order chi connectivity index (χ1) is 9.51. The Kier molecular flexibility index (Phi) is 6.36. The molecular weight excluding hydrogens is 256 g/mol. The third-order valence-corrected chi connectivity index (χ3v) is 3.48. The average Bonchev–Trinajstić information content (AvgIpc) is 2.39. The Morgan fingerprint density at radius 2 is 1.90 bits per heavy atom. The zero-order valence-corrected chi connectivity index (χ0v) is 12.5. The van der Waals surface area contributed by atoms with Crippen molar-refractivity contribution in [3.8, 4) is 11.5 Å². The minimum atomic E-state index is -1.40. The molecule has 0 aliphatic rings. The van der Waals surface area contributed by atoms with E-state index >= 15 is 0 Å². The Hall–Kier alpha value is -1.71. The second-order valence-corrected chi connectivity index (χ2v) is 5.06. The van der Waals surface area contributed by atoms with Crippen LogP contribution in [0.3, 0.4) is 0 Å². The second-order valence-electron chi connectivity index (χ2n) is 5.06. The van der Waals surface area contributed by atoms with E-state index in [0.29, 0.717) is 0 Å². The van der Waals surface area contributed by atoms with Crippen LogP contribution >= 0.6 is 0 Å². The molecule has 0 aliphatic carbocycles. The number of benzene rings is 1. The number of hydrogen-bond donors (Lipinski definition) is 2. The molecule has 0 spiro atoms. The summed E-state index contributed by atoms with van der Waals surface area (Å²) < 4.78 is 4.66. The molecule has 0 fully saturated rings. The van der Waals surface area contributed by atoms with Crippen LogP contribution in [-0.4, -0.2) is 16.4 Å². The van der Waals surface area contributed by atoms with Gasteiger partial charge in [-0.05, 0) is 48.9 Å². The highest BCUT2D eigenvalue weighted by molar-refractivity contribution is 5.65. The van der Waals surface area contributed by atoms with E-state index in [1.54, 1.807) is 6.07 Å². The molecule has 0 radical (unpaired) electrons. The molecule has 20 heavy (non-hydrogen) atoms. The maximum atomic E-state index is 10.7. The molecule has 1 rings (SSSR count). The summed E-state index contributed by atoms with van der Waals surface area (Å²) in [5, 5.41) is 18.8. The molecule has 1 aromatic carbocycles. The van der Waals surface area contributed by atoms with Gasteiger partial charge in [0.05, 0.1) is 0 Å². The number of rotatable bonds is 7. The van der Waals surface area contributed by atoms with Gasteiger partial charge >= 0.3 is 6.16 Å². The topological polar surface area (TPSA) is 66.8 Å². The van der Waals surface area contributed by atoms with Gasteiger partial charge in [-0.3, -0.25) is 0 Å². The lowest BCUT2D eigenvalue weighted by atomic mass is 9.93. The summed E-state index contributed by atoms with van der Waals surface area (Å²) in [5.74, 6) is -0.0172. The molecule has 0 saturated carbocycles. The van der Waals surface area contributed by atoms with Crippen LogP contribution in [0, 0.1) is 6.92 Å². The minimum absolute atomic E-state index is 0.0395. The van der Waals surface area contributed by atoms with E-state index < -0.39 is 6.16 Å². The van der Waals surface area contributed by atoms with Crippen molar-refractivity contribution in [1.82, 2.24) is 0 Å². The summed E-state index contributed by atoms with van der Waals surface area (Å²) >= 11 is 0. The molecule has 4 heteroatoms. The zero-order valence-electron chi connectivity index (χ0n) is 12.5. The van der Waals surface area contributed by atoms with Crippen molar-refractivity contribution in [2.24, 2.45) is 0 Å². The van der Waals surface area contributed by atoms with Crippen LogP contribution in [0.1, 0.15) is 56.2 Å². The number of aryl methyl sites for hydroxylation is 1. The van der Waals surface area contributed by atoms with E-state index in [4.69, 9.17) is 5.11 Å². The highest BCUT2D eigenvalue weighted by Crippen LogP contribution is 2.36. The molecule has 112 valence electrons. The Labute approximate surface area is 120 Å². The number of carboxylic acid groups (broad SMARTS) is 1. The molecule has 0 amide bonds. The summed E-state index contributed by atoms with van der Waals surface area (Å²) in [6.45, 7) is 6.06. The summed E-state index contributed by atoms with van der Waals surface area (Å²) in [6.07, 6.45) is 4.72. The van der Waals surface area contributed by atoms with Crippen LogP contribution in [0.25, 0.3) is 0 Å². The third-order valence-electron chi connectivity index (χ3n) is 3.48. The van der Waals surface area contributed by atoms with Crippen molar-refractivity contribution >= 4 is 6.16 Å². The average molecular weight is 280 g/mol. The van der Waals surface area contributed by atoms with Crippen molar-refractivity contribution in [2.45, 2.75) is 59.3 Å². The van der Waals surface area contributed by atoms with Crippen LogP contribution in [-0.2, 0) is 12.8 Å². The fourth-order valence-corrected chi connectivity index (χ4v) is 2.45. The lowest BCUT2D eigenvalue weighted by molar-refractivity contribution is 0.142. The van der Waals surface area contributed by atoms with Gasteiger partial charge in [-0.15, -0.1) is 0 Å². The monoisotopic (exact) mass is 280 g/mol. The maximum Gasteiger partial charge on any atom is 0.511 e. The Morgan fingerprint density at radius 1 is 1.20 bits per heavy atom. The van der Waals surface area contributed by atoms with E-state index in [1.807, 2.05) is 6.92 Å². The van der Waals surface area contributed by atoms with Gasteiger partial charge in [-0.1, -0.05) is 33.1 Å². The Morgan fingerprint density at radius 3 is 2.45 bits per heavy atom. The van der Waals surface area contributed by atoms with Gasteiger partial charge in [-0.2, -0.15) is 0 Å². The zero-order chi connectivity index (χ0) is 15.1. The second kappa shape index (κ2) is 7.78. The number of aromatic hydroxyl groups is 1. The van der Waals surface area contributed by atoms with E-state index in [0.717, 1.165) is 55.2 Å². The van der Waals surface area contributed by atoms with Crippen molar-refractivity contribution in [3.05, 3.63) is 22.8 Å². The van der Waals surface area contributed by atoms with Crippen molar-refractivity contribution in [1.29, 1.82) is 0 Å². The molecule has 0 aliphatic heterocycles. The number of phenolic OH excluding ortho intramolecular Hbond substituents is 1. The highest BCUT2D eigenvalue weighted by Gasteiger charge is 2.17. The van der Waals surface area contributed by atoms with Crippen LogP contribution in [0.5, 0.6) is 11.5 Å². The predicted molar refractivity (Wildman–Crippen MR) is 78.7 cm³/mol. The van der Waals surface area contributed by atoms with E-state index in [1.165, 1.54) is 0 Å². The largest absolute Gasteiger partial charge is 0.511 e. The number of hydrogen-bond acceptors (Lipinski definition) is 3. The van der Waals surface area contributed by atoms with Crippen molar-refractivity contribution in [3.63, 3.8) is 0 Å². The van der Waals surface area contributed by atoms with Gasteiger partial charge in [-0.25, -0.2) is 4.79 Å². The fourth-order valence-electron chi connectivity index (χ4n) is 2.45. The number of carbonyl (C=O) groups is 1. The van der Waals surface area contributed by atoms with Crippen molar-refractivity contribution in [2.75, 3.05) is 0 Å². The fraction of sp³-hybridized carbons (Fsp3) is 0.562. The van der Waals surface area contributed by atoms with Crippen LogP contribution in [0.15, 0.2) is 6.07 Å². The first-order valence-corrected chi connectivity index (χ1v) is 7.26.